The molecule has 1 heteroatoms. The van der Waals surface area contributed by atoms with Gasteiger partial charge in [0, 0.05) is 0 Å². The van der Waals surface area contributed by atoms with E-state index >= 15 is 0 Å². The maximum atomic E-state index is 2.66. The van der Waals surface area contributed by atoms with E-state index in [4.69, 9.17) is 0 Å². The third-order valence-electron chi connectivity index (χ3n) is 2.01. The molecule has 0 unspecified atom stereocenters. The van der Waals surface area contributed by atoms with Gasteiger partial charge in [0.05, 0.1) is 0 Å². The predicted molar refractivity (Wildman–Crippen MR) is 53.2 cm³/mol. The van der Waals surface area contributed by atoms with Crippen molar-refractivity contribution in [3.8, 4) is 0 Å². The molecule has 0 saturated carbocycles. The van der Waals surface area contributed by atoms with Crippen LogP contribution in [0.2, 0.25) is 5.21 Å². The average Bonchev–Trinajstić information content (AvgIpc) is 2.03. The molecule has 0 saturated heterocycles. The maximum absolute atomic E-state index is 2.66. The minimum absolute atomic E-state index is 1.31. The Balaban J connectivity index is 2.69. The zero-order chi connectivity index (χ0) is 8.36. The summed E-state index contributed by atoms with van der Waals surface area (Å²) >= 11 is 2.66. The fraction of sp³-hybridized carbons (Fsp3) is 1.00. The molecule has 66 valence electrons. The van der Waals surface area contributed by atoms with E-state index in [9.17, 15) is 0 Å². The third kappa shape index (κ3) is 10.6. The summed E-state index contributed by atoms with van der Waals surface area (Å²) in [7, 11) is 0. The molecule has 0 aliphatic heterocycles. The zero-order valence-electron chi connectivity index (χ0n) is 7.81. The molecule has 0 fully saturated rings. The first-order valence-corrected chi connectivity index (χ1v) is 6.35. The molecule has 0 rings (SSSR count). The van der Waals surface area contributed by atoms with Crippen LogP contribution in [-0.2, 0) is 0 Å². The molecule has 0 aromatic rings. The van der Waals surface area contributed by atoms with Crippen molar-refractivity contribution in [2.24, 2.45) is 0 Å². The van der Waals surface area contributed by atoms with Crippen molar-refractivity contribution in [2.75, 3.05) is 0 Å². The molecular weight excluding hydrogens is 195 g/mol. The van der Waals surface area contributed by atoms with E-state index in [0.29, 0.717) is 0 Å². The van der Waals surface area contributed by atoms with Crippen molar-refractivity contribution in [1.82, 2.24) is 0 Å². The Morgan fingerprint density at radius 3 is 1.64 bits per heavy atom. The SMILES string of the molecule is CCCCCCCCCC[As]. The summed E-state index contributed by atoms with van der Waals surface area (Å²) in [5, 5.41) is 1.31. The van der Waals surface area contributed by atoms with Crippen LogP contribution in [0.25, 0.3) is 0 Å². The van der Waals surface area contributed by atoms with E-state index in [1.54, 1.807) is 0 Å². The van der Waals surface area contributed by atoms with E-state index in [2.05, 4.69) is 23.8 Å². The van der Waals surface area contributed by atoms with Crippen LogP contribution >= 0.6 is 0 Å². The quantitative estimate of drug-likeness (QED) is 0.428. The Bertz CT molecular complexity index is 53.9. The van der Waals surface area contributed by atoms with Gasteiger partial charge >= 0.3 is 80.4 Å². The predicted octanol–water partition coefficient (Wildman–Crippen LogP) is 3.71. The fourth-order valence-electron chi connectivity index (χ4n) is 1.25. The summed E-state index contributed by atoms with van der Waals surface area (Å²) in [4.78, 5) is 0. The van der Waals surface area contributed by atoms with Crippen LogP contribution in [0.4, 0.5) is 0 Å². The molecule has 0 aromatic carbocycles. The van der Waals surface area contributed by atoms with Gasteiger partial charge < -0.3 is 0 Å². The van der Waals surface area contributed by atoms with Gasteiger partial charge in [0.1, 0.15) is 0 Å². The number of hydrogen-bond donors (Lipinski definition) is 0. The van der Waals surface area contributed by atoms with Crippen molar-refractivity contribution in [3.63, 3.8) is 0 Å². The normalized spacial score (nSPS) is 10.4. The summed E-state index contributed by atoms with van der Waals surface area (Å²) in [6.45, 7) is 2.27. The Labute approximate surface area is 80.6 Å². The van der Waals surface area contributed by atoms with Crippen LogP contribution in [-0.4, -0.2) is 16.9 Å². The molecule has 0 aliphatic carbocycles. The van der Waals surface area contributed by atoms with Gasteiger partial charge in [0.2, 0.25) is 0 Å². The van der Waals surface area contributed by atoms with E-state index in [0.717, 1.165) is 0 Å². The van der Waals surface area contributed by atoms with Crippen molar-refractivity contribution < 1.29 is 0 Å². The first kappa shape index (κ1) is 11.6. The molecule has 0 nitrogen and oxygen atoms in total. The van der Waals surface area contributed by atoms with Gasteiger partial charge in [-0.05, 0) is 0 Å². The molecule has 0 N–H and O–H groups in total. The molecule has 0 spiro atoms. The van der Waals surface area contributed by atoms with Crippen LogP contribution < -0.4 is 0 Å². The van der Waals surface area contributed by atoms with Gasteiger partial charge in [-0.3, -0.25) is 0 Å². The van der Waals surface area contributed by atoms with Crippen molar-refractivity contribution in [2.45, 2.75) is 63.5 Å². The molecular formula is C10H21As. The van der Waals surface area contributed by atoms with Gasteiger partial charge in [0.15, 0.2) is 0 Å². The van der Waals surface area contributed by atoms with Crippen LogP contribution in [0.15, 0.2) is 0 Å². The van der Waals surface area contributed by atoms with E-state index < -0.39 is 0 Å². The van der Waals surface area contributed by atoms with Crippen molar-refractivity contribution >= 4 is 16.9 Å². The van der Waals surface area contributed by atoms with Crippen molar-refractivity contribution in [3.05, 3.63) is 0 Å². The first-order chi connectivity index (χ1) is 5.41. The topological polar surface area (TPSA) is 0 Å². The molecule has 0 aromatic heterocycles. The molecule has 2 radical (unpaired) electrons. The standard InChI is InChI=1S/C10H21As/c1-2-3-4-5-6-7-8-9-10-11/h2-10H2,1H3. The van der Waals surface area contributed by atoms with E-state index in [-0.39, 0.29) is 0 Å². The number of rotatable bonds is 8. The second-order valence-electron chi connectivity index (χ2n) is 3.20. The Morgan fingerprint density at radius 2 is 1.18 bits per heavy atom. The number of unbranched alkanes of at least 4 members (excludes halogenated alkanes) is 7. The summed E-state index contributed by atoms with van der Waals surface area (Å²) < 4.78 is 0. The minimum atomic E-state index is 1.31. The first-order valence-electron chi connectivity index (χ1n) is 5.02. The van der Waals surface area contributed by atoms with Gasteiger partial charge in [-0.15, -0.1) is 0 Å². The van der Waals surface area contributed by atoms with Crippen LogP contribution in [0.5, 0.6) is 0 Å². The van der Waals surface area contributed by atoms with Gasteiger partial charge in [-0.1, -0.05) is 0 Å². The molecule has 0 bridgehead atoms. The number of hydrogen-bond acceptors (Lipinski definition) is 0. The van der Waals surface area contributed by atoms with Crippen molar-refractivity contribution in [1.29, 1.82) is 0 Å². The van der Waals surface area contributed by atoms with Gasteiger partial charge in [-0.2, -0.15) is 0 Å². The van der Waals surface area contributed by atoms with E-state index in [1.807, 2.05) is 0 Å². The van der Waals surface area contributed by atoms with Gasteiger partial charge in [0.25, 0.3) is 0 Å². The zero-order valence-corrected chi connectivity index (χ0v) is 9.69. The second kappa shape index (κ2) is 10.6. The molecule has 11 heavy (non-hydrogen) atoms. The second-order valence-corrected chi connectivity index (χ2v) is 4.14. The summed E-state index contributed by atoms with van der Waals surface area (Å²) in [6, 6.07) is 0. The Hall–Kier alpha value is 0.558. The molecule has 0 amide bonds. The summed E-state index contributed by atoms with van der Waals surface area (Å²) in [6.07, 6.45) is 11.5. The monoisotopic (exact) mass is 216 g/mol. The third-order valence-corrected chi connectivity index (χ3v) is 2.68. The van der Waals surface area contributed by atoms with Crippen LogP contribution in [0.1, 0.15) is 58.3 Å². The Kier molecular flexibility index (Phi) is 11.1. The molecule has 0 atom stereocenters. The van der Waals surface area contributed by atoms with Crippen LogP contribution in [0.3, 0.4) is 0 Å². The molecule has 0 heterocycles. The summed E-state index contributed by atoms with van der Waals surface area (Å²) in [5.74, 6) is 0. The van der Waals surface area contributed by atoms with Gasteiger partial charge in [-0.25, -0.2) is 0 Å². The van der Waals surface area contributed by atoms with E-state index in [1.165, 1.54) is 56.6 Å². The fourth-order valence-corrected chi connectivity index (χ4v) is 1.71. The summed E-state index contributed by atoms with van der Waals surface area (Å²) in [5.41, 5.74) is 0. The Morgan fingerprint density at radius 1 is 0.727 bits per heavy atom. The van der Waals surface area contributed by atoms with Crippen LogP contribution in [0, 0.1) is 0 Å². The molecule has 0 aliphatic rings. The average molecular weight is 216 g/mol.